The second-order valence-corrected chi connectivity index (χ2v) is 4.36. The number of nitrogens with one attached hydrogen (secondary N) is 2. The van der Waals surface area contributed by atoms with Crippen molar-refractivity contribution in [3.63, 3.8) is 0 Å². The molecule has 0 aliphatic heterocycles. The third kappa shape index (κ3) is 4.48. The molecule has 0 aliphatic carbocycles. The van der Waals surface area contributed by atoms with Gasteiger partial charge in [0.15, 0.2) is 11.8 Å². The van der Waals surface area contributed by atoms with Crippen molar-refractivity contribution in [3.05, 3.63) is 41.5 Å². The molecule has 7 nitrogen and oxygen atoms in total. The van der Waals surface area contributed by atoms with Crippen molar-refractivity contribution in [1.29, 1.82) is 0 Å². The van der Waals surface area contributed by atoms with Crippen LogP contribution in [0.2, 0.25) is 0 Å². The van der Waals surface area contributed by atoms with Gasteiger partial charge in [0, 0.05) is 20.5 Å². The van der Waals surface area contributed by atoms with Crippen LogP contribution in [0, 0.1) is 6.92 Å². The minimum absolute atomic E-state index is 0.458. The summed E-state index contributed by atoms with van der Waals surface area (Å²) in [5.41, 5.74) is 1.13. The van der Waals surface area contributed by atoms with E-state index in [1.54, 1.807) is 21.1 Å². The molecule has 1 aromatic heterocycles. The van der Waals surface area contributed by atoms with Gasteiger partial charge in [-0.3, -0.25) is 4.99 Å². The largest absolute Gasteiger partial charge is 0.497 e. The highest BCUT2D eigenvalue weighted by molar-refractivity contribution is 5.79. The van der Waals surface area contributed by atoms with E-state index in [1.807, 2.05) is 24.3 Å². The third-order valence-electron chi connectivity index (χ3n) is 2.83. The molecule has 1 aromatic carbocycles. The van der Waals surface area contributed by atoms with Gasteiger partial charge in [-0.25, -0.2) is 0 Å². The van der Waals surface area contributed by atoms with Crippen LogP contribution in [-0.2, 0) is 13.1 Å². The molecular weight excluding hydrogens is 270 g/mol. The van der Waals surface area contributed by atoms with Crippen LogP contribution in [0.5, 0.6) is 5.75 Å². The minimum Gasteiger partial charge on any atom is -0.497 e. The van der Waals surface area contributed by atoms with Crippen LogP contribution in [0.3, 0.4) is 0 Å². The molecule has 21 heavy (non-hydrogen) atoms. The molecule has 0 spiro atoms. The summed E-state index contributed by atoms with van der Waals surface area (Å²) in [6.45, 7) is 2.88. The SMILES string of the molecule is CN=C(NCc1ccc(OC)cc1)NCc1noc(C)n1. The maximum atomic E-state index is 5.13. The van der Waals surface area contributed by atoms with Gasteiger partial charge in [-0.05, 0) is 17.7 Å². The Labute approximate surface area is 123 Å². The minimum atomic E-state index is 0.458. The van der Waals surface area contributed by atoms with Gasteiger partial charge in [0.2, 0.25) is 5.89 Å². The summed E-state index contributed by atoms with van der Waals surface area (Å²) in [6, 6.07) is 7.86. The average Bonchev–Trinajstić information content (AvgIpc) is 2.93. The van der Waals surface area contributed by atoms with Crippen molar-refractivity contribution in [3.8, 4) is 5.75 Å². The molecule has 0 unspecified atom stereocenters. The smallest absolute Gasteiger partial charge is 0.223 e. The summed E-state index contributed by atoms with van der Waals surface area (Å²) >= 11 is 0. The van der Waals surface area contributed by atoms with Gasteiger partial charge in [-0.15, -0.1) is 0 Å². The Morgan fingerprint density at radius 1 is 1.24 bits per heavy atom. The molecule has 0 fully saturated rings. The van der Waals surface area contributed by atoms with Crippen LogP contribution in [0.25, 0.3) is 0 Å². The zero-order chi connectivity index (χ0) is 15.1. The van der Waals surface area contributed by atoms with Gasteiger partial charge >= 0.3 is 0 Å². The second kappa shape index (κ2) is 7.28. The molecule has 0 bridgehead atoms. The molecule has 2 rings (SSSR count). The zero-order valence-electron chi connectivity index (χ0n) is 12.4. The molecule has 2 aromatic rings. The number of guanidine groups is 1. The van der Waals surface area contributed by atoms with Crippen molar-refractivity contribution in [2.75, 3.05) is 14.2 Å². The monoisotopic (exact) mass is 289 g/mol. The lowest BCUT2D eigenvalue weighted by atomic mass is 10.2. The van der Waals surface area contributed by atoms with Gasteiger partial charge in [0.05, 0.1) is 13.7 Å². The van der Waals surface area contributed by atoms with E-state index in [2.05, 4.69) is 25.8 Å². The van der Waals surface area contributed by atoms with Crippen LogP contribution < -0.4 is 15.4 Å². The summed E-state index contributed by atoms with van der Waals surface area (Å²) in [5, 5.41) is 10.1. The molecule has 7 heteroatoms. The highest BCUT2D eigenvalue weighted by Gasteiger charge is 2.04. The van der Waals surface area contributed by atoms with Gasteiger partial charge < -0.3 is 19.9 Å². The van der Waals surface area contributed by atoms with Crippen molar-refractivity contribution >= 4 is 5.96 Å². The van der Waals surface area contributed by atoms with E-state index in [4.69, 9.17) is 9.26 Å². The molecule has 0 saturated carbocycles. The number of hydrogen-bond acceptors (Lipinski definition) is 5. The van der Waals surface area contributed by atoms with Crippen molar-refractivity contribution in [2.24, 2.45) is 4.99 Å². The fourth-order valence-corrected chi connectivity index (χ4v) is 1.73. The van der Waals surface area contributed by atoms with Crippen LogP contribution in [0.1, 0.15) is 17.3 Å². The number of rotatable bonds is 5. The first-order chi connectivity index (χ1) is 10.2. The summed E-state index contributed by atoms with van der Waals surface area (Å²) in [7, 11) is 3.36. The van der Waals surface area contributed by atoms with E-state index in [-0.39, 0.29) is 0 Å². The first-order valence-electron chi connectivity index (χ1n) is 6.58. The van der Waals surface area contributed by atoms with Crippen molar-refractivity contribution in [2.45, 2.75) is 20.0 Å². The third-order valence-corrected chi connectivity index (χ3v) is 2.83. The van der Waals surface area contributed by atoms with E-state index in [9.17, 15) is 0 Å². The van der Waals surface area contributed by atoms with Gasteiger partial charge in [-0.2, -0.15) is 4.98 Å². The maximum Gasteiger partial charge on any atom is 0.223 e. The van der Waals surface area contributed by atoms with Crippen LogP contribution >= 0.6 is 0 Å². The molecular formula is C14H19N5O2. The topological polar surface area (TPSA) is 84.6 Å². The lowest BCUT2D eigenvalue weighted by molar-refractivity contribution is 0.387. The molecule has 0 aliphatic rings. The van der Waals surface area contributed by atoms with Crippen LogP contribution in [0.4, 0.5) is 0 Å². The lowest BCUT2D eigenvalue weighted by Gasteiger charge is -2.10. The quantitative estimate of drug-likeness (QED) is 0.636. The number of ether oxygens (including phenoxy) is 1. The van der Waals surface area contributed by atoms with E-state index in [0.717, 1.165) is 11.3 Å². The fraction of sp³-hybridized carbons (Fsp3) is 0.357. The number of hydrogen-bond donors (Lipinski definition) is 2. The molecule has 0 amide bonds. The summed E-state index contributed by atoms with van der Waals surface area (Å²) in [6.07, 6.45) is 0. The predicted octanol–water partition coefficient (Wildman–Crippen LogP) is 1.25. The molecule has 0 atom stereocenters. The highest BCUT2D eigenvalue weighted by Crippen LogP contribution is 2.10. The summed E-state index contributed by atoms with van der Waals surface area (Å²) in [5.74, 6) is 2.66. The standard InChI is InChI=1S/C14H19N5O2/c1-10-18-13(19-21-10)9-17-14(15-2)16-8-11-4-6-12(20-3)7-5-11/h4-7H,8-9H2,1-3H3,(H2,15,16,17). The van der Waals surface area contributed by atoms with Crippen molar-refractivity contribution < 1.29 is 9.26 Å². The Morgan fingerprint density at radius 3 is 2.52 bits per heavy atom. The van der Waals surface area contributed by atoms with Gasteiger partial charge in [0.1, 0.15) is 5.75 Å². The number of nitrogens with zero attached hydrogens (tertiary/aromatic N) is 3. The zero-order valence-corrected chi connectivity index (χ0v) is 12.4. The predicted molar refractivity (Wildman–Crippen MR) is 79.1 cm³/mol. The Kier molecular flexibility index (Phi) is 5.14. The Morgan fingerprint density at radius 2 is 1.95 bits per heavy atom. The van der Waals surface area contributed by atoms with E-state index in [1.165, 1.54) is 0 Å². The summed E-state index contributed by atoms with van der Waals surface area (Å²) < 4.78 is 10.0. The van der Waals surface area contributed by atoms with Gasteiger partial charge in [-0.1, -0.05) is 17.3 Å². The second-order valence-electron chi connectivity index (χ2n) is 4.36. The van der Waals surface area contributed by atoms with E-state index < -0.39 is 0 Å². The number of benzene rings is 1. The number of aliphatic imine (C=N–C) groups is 1. The molecule has 0 saturated heterocycles. The van der Waals surface area contributed by atoms with E-state index >= 15 is 0 Å². The average molecular weight is 289 g/mol. The van der Waals surface area contributed by atoms with Crippen LogP contribution in [-0.4, -0.2) is 30.3 Å². The molecule has 2 N–H and O–H groups in total. The summed E-state index contributed by atoms with van der Waals surface area (Å²) in [4.78, 5) is 8.26. The molecule has 112 valence electrons. The van der Waals surface area contributed by atoms with Crippen molar-refractivity contribution in [1.82, 2.24) is 20.8 Å². The van der Waals surface area contributed by atoms with Gasteiger partial charge in [0.25, 0.3) is 0 Å². The van der Waals surface area contributed by atoms with E-state index in [0.29, 0.717) is 30.8 Å². The number of methoxy groups -OCH3 is 1. The molecule has 0 radical (unpaired) electrons. The molecule has 1 heterocycles. The number of aromatic nitrogens is 2. The Bertz CT molecular complexity index is 592. The first-order valence-corrected chi connectivity index (χ1v) is 6.58. The maximum absolute atomic E-state index is 5.13. The Hall–Kier alpha value is -2.57. The lowest BCUT2D eigenvalue weighted by Crippen LogP contribution is -2.36. The normalized spacial score (nSPS) is 11.3. The van der Waals surface area contributed by atoms with Crippen LogP contribution in [0.15, 0.2) is 33.8 Å². The fourth-order valence-electron chi connectivity index (χ4n) is 1.73. The highest BCUT2D eigenvalue weighted by atomic mass is 16.5. The Balaban J connectivity index is 1.81. The first kappa shape index (κ1) is 14.8. The number of aryl methyl sites for hydroxylation is 1.